The highest BCUT2D eigenvalue weighted by atomic mass is 19.2. The molecule has 1 aromatic carbocycles. The molecule has 0 amide bonds. The second kappa shape index (κ2) is 4.38. The van der Waals surface area contributed by atoms with Crippen LogP contribution in [0.3, 0.4) is 0 Å². The first-order valence-corrected chi connectivity index (χ1v) is 6.09. The number of benzene rings is 1. The van der Waals surface area contributed by atoms with Crippen LogP contribution in [0.1, 0.15) is 24.1 Å². The molecule has 1 aliphatic rings. The number of rotatable bonds is 1. The predicted molar refractivity (Wildman–Crippen MR) is 66.1 cm³/mol. The van der Waals surface area contributed by atoms with Crippen LogP contribution < -0.4 is 11.3 Å². The van der Waals surface area contributed by atoms with Gasteiger partial charge in [0.05, 0.1) is 11.1 Å². The van der Waals surface area contributed by atoms with E-state index in [0.717, 1.165) is 18.4 Å². The van der Waals surface area contributed by atoms with E-state index in [1.54, 1.807) is 0 Å². The van der Waals surface area contributed by atoms with Crippen LogP contribution in [0.25, 0.3) is 10.9 Å². The minimum absolute atomic E-state index is 0.0814. The Bertz CT molecular complexity index is 670. The highest BCUT2D eigenvalue weighted by Crippen LogP contribution is 2.35. The first kappa shape index (κ1) is 12.2. The molecule has 19 heavy (non-hydrogen) atoms. The van der Waals surface area contributed by atoms with Crippen LogP contribution in [0.15, 0.2) is 6.07 Å². The van der Waals surface area contributed by atoms with Gasteiger partial charge >= 0.3 is 0 Å². The van der Waals surface area contributed by atoms with Crippen molar-refractivity contribution in [2.45, 2.75) is 25.7 Å². The van der Waals surface area contributed by atoms with Crippen LogP contribution in [0, 0.1) is 17.5 Å². The van der Waals surface area contributed by atoms with Crippen LogP contribution in [0.4, 0.5) is 18.9 Å². The van der Waals surface area contributed by atoms with Crippen molar-refractivity contribution in [3.8, 4) is 0 Å². The van der Waals surface area contributed by atoms with Gasteiger partial charge in [0.1, 0.15) is 11.3 Å². The topological polar surface area (TPSA) is 50.9 Å². The first-order chi connectivity index (χ1) is 9.13. The van der Waals surface area contributed by atoms with Crippen LogP contribution >= 0.6 is 0 Å². The average molecular weight is 267 g/mol. The number of halogens is 3. The van der Waals surface area contributed by atoms with Crippen molar-refractivity contribution in [1.82, 2.24) is 4.98 Å². The molecule has 0 spiro atoms. The number of hydrazine groups is 1. The summed E-state index contributed by atoms with van der Waals surface area (Å²) in [4.78, 5) is 4.10. The van der Waals surface area contributed by atoms with Gasteiger partial charge in [-0.25, -0.2) is 18.2 Å². The Kier molecular flexibility index (Phi) is 2.82. The number of hydrogen-bond donors (Lipinski definition) is 2. The molecule has 0 unspecified atom stereocenters. The van der Waals surface area contributed by atoms with Crippen molar-refractivity contribution in [2.75, 3.05) is 5.43 Å². The summed E-state index contributed by atoms with van der Waals surface area (Å²) in [5, 5.41) is -0.0814. The third-order valence-corrected chi connectivity index (χ3v) is 3.53. The number of nitrogens with one attached hydrogen (secondary N) is 1. The minimum atomic E-state index is -1.24. The SMILES string of the molecule is NNc1c2c(nc3c(F)c(F)cc(F)c13)CCCC2. The number of nitrogen functional groups attached to an aromatic ring is 1. The van der Waals surface area contributed by atoms with E-state index in [0.29, 0.717) is 30.3 Å². The van der Waals surface area contributed by atoms with Gasteiger partial charge in [0.2, 0.25) is 0 Å². The molecule has 3 nitrogen and oxygen atoms in total. The normalized spacial score (nSPS) is 14.5. The molecule has 0 fully saturated rings. The fraction of sp³-hybridized carbons (Fsp3) is 0.308. The molecule has 2 aromatic rings. The van der Waals surface area contributed by atoms with Crippen LogP contribution in [0.2, 0.25) is 0 Å². The van der Waals surface area contributed by atoms with Gasteiger partial charge < -0.3 is 5.43 Å². The fourth-order valence-corrected chi connectivity index (χ4v) is 2.65. The number of pyridine rings is 1. The van der Waals surface area contributed by atoms with Gasteiger partial charge in [0.25, 0.3) is 0 Å². The number of aromatic nitrogens is 1. The second-order valence-electron chi connectivity index (χ2n) is 4.64. The summed E-state index contributed by atoms with van der Waals surface area (Å²) in [6, 6.07) is 0.523. The zero-order valence-electron chi connectivity index (χ0n) is 10.1. The number of anilines is 1. The molecule has 0 radical (unpaired) electrons. The zero-order valence-corrected chi connectivity index (χ0v) is 10.1. The Morgan fingerprint density at radius 1 is 1.11 bits per heavy atom. The van der Waals surface area contributed by atoms with Crippen molar-refractivity contribution >= 4 is 16.6 Å². The monoisotopic (exact) mass is 267 g/mol. The van der Waals surface area contributed by atoms with E-state index in [1.807, 2.05) is 0 Å². The highest BCUT2D eigenvalue weighted by molar-refractivity contribution is 5.94. The minimum Gasteiger partial charge on any atom is -0.323 e. The lowest BCUT2D eigenvalue weighted by atomic mass is 9.92. The molecule has 0 saturated heterocycles. The van der Waals surface area contributed by atoms with E-state index in [4.69, 9.17) is 5.84 Å². The maximum Gasteiger partial charge on any atom is 0.185 e. The van der Waals surface area contributed by atoms with Crippen molar-refractivity contribution in [3.63, 3.8) is 0 Å². The lowest BCUT2D eigenvalue weighted by molar-refractivity contribution is 0.503. The van der Waals surface area contributed by atoms with Gasteiger partial charge in [-0.2, -0.15) is 0 Å². The van der Waals surface area contributed by atoms with Gasteiger partial charge in [-0.1, -0.05) is 0 Å². The number of aryl methyl sites for hydroxylation is 1. The number of nitrogens with zero attached hydrogens (tertiary/aromatic N) is 1. The molecule has 3 rings (SSSR count). The molecule has 1 heterocycles. The van der Waals surface area contributed by atoms with Crippen LogP contribution in [0.5, 0.6) is 0 Å². The van der Waals surface area contributed by atoms with E-state index in [-0.39, 0.29) is 10.9 Å². The Morgan fingerprint density at radius 3 is 2.58 bits per heavy atom. The quantitative estimate of drug-likeness (QED) is 0.474. The Labute approximate surface area is 107 Å². The molecular weight excluding hydrogens is 255 g/mol. The average Bonchev–Trinajstić information content (AvgIpc) is 2.42. The van der Waals surface area contributed by atoms with E-state index in [2.05, 4.69) is 10.4 Å². The Morgan fingerprint density at radius 2 is 1.84 bits per heavy atom. The molecule has 1 aromatic heterocycles. The second-order valence-corrected chi connectivity index (χ2v) is 4.64. The van der Waals surface area contributed by atoms with Crippen molar-refractivity contribution in [2.24, 2.45) is 5.84 Å². The highest BCUT2D eigenvalue weighted by Gasteiger charge is 2.23. The molecule has 1 aliphatic carbocycles. The number of fused-ring (bicyclic) bond motifs is 2. The summed E-state index contributed by atoms with van der Waals surface area (Å²) in [7, 11) is 0. The largest absolute Gasteiger partial charge is 0.323 e. The van der Waals surface area contributed by atoms with E-state index in [1.165, 1.54) is 0 Å². The van der Waals surface area contributed by atoms with Crippen molar-refractivity contribution in [1.29, 1.82) is 0 Å². The predicted octanol–water partition coefficient (Wildman–Crippen LogP) is 2.82. The lowest BCUT2D eigenvalue weighted by Gasteiger charge is -2.20. The van der Waals surface area contributed by atoms with Crippen molar-refractivity contribution in [3.05, 3.63) is 34.8 Å². The summed E-state index contributed by atoms with van der Waals surface area (Å²) < 4.78 is 41.0. The number of nitrogens with two attached hydrogens (primary N) is 1. The molecule has 0 aliphatic heterocycles. The standard InChI is InChI=1S/C13H12F3N3/c14-7-5-8(15)11(16)13-10(7)12(19-17)6-3-1-2-4-9(6)18-13/h5H,1-4,17H2,(H,18,19). The molecule has 0 saturated carbocycles. The maximum absolute atomic E-state index is 13.9. The third kappa shape index (κ3) is 1.74. The molecule has 0 atom stereocenters. The van der Waals surface area contributed by atoms with Crippen LogP contribution in [-0.2, 0) is 12.8 Å². The molecule has 100 valence electrons. The summed E-state index contributed by atoms with van der Waals surface area (Å²) >= 11 is 0. The first-order valence-electron chi connectivity index (χ1n) is 6.09. The maximum atomic E-state index is 13.9. The van der Waals surface area contributed by atoms with E-state index >= 15 is 0 Å². The lowest BCUT2D eigenvalue weighted by Crippen LogP contribution is -2.16. The van der Waals surface area contributed by atoms with Gasteiger partial charge in [0, 0.05) is 11.8 Å². The summed E-state index contributed by atoms with van der Waals surface area (Å²) in [5.41, 5.74) is 3.89. The van der Waals surface area contributed by atoms with Gasteiger partial charge in [0.15, 0.2) is 11.6 Å². The zero-order chi connectivity index (χ0) is 13.6. The van der Waals surface area contributed by atoms with E-state index in [9.17, 15) is 13.2 Å². The molecule has 3 N–H and O–H groups in total. The number of hydrogen-bond acceptors (Lipinski definition) is 3. The van der Waals surface area contributed by atoms with Gasteiger partial charge in [-0.3, -0.25) is 5.84 Å². The molecule has 0 bridgehead atoms. The van der Waals surface area contributed by atoms with Gasteiger partial charge in [-0.15, -0.1) is 0 Å². The fourth-order valence-electron chi connectivity index (χ4n) is 2.65. The molecular formula is C13H12F3N3. The Balaban J connectivity index is 2.46. The third-order valence-electron chi connectivity index (χ3n) is 3.53. The molecule has 6 heteroatoms. The summed E-state index contributed by atoms with van der Waals surface area (Å²) in [6.07, 6.45) is 3.24. The van der Waals surface area contributed by atoms with E-state index < -0.39 is 17.5 Å². The Hall–Kier alpha value is -1.82. The smallest absolute Gasteiger partial charge is 0.185 e. The van der Waals surface area contributed by atoms with Crippen molar-refractivity contribution < 1.29 is 13.2 Å². The summed E-state index contributed by atoms with van der Waals surface area (Å²) in [6.45, 7) is 0. The van der Waals surface area contributed by atoms with Gasteiger partial charge in [-0.05, 0) is 31.2 Å². The van der Waals surface area contributed by atoms with Crippen LogP contribution in [-0.4, -0.2) is 4.98 Å². The summed E-state index contributed by atoms with van der Waals surface area (Å²) in [5.74, 6) is 2.20.